The Balaban J connectivity index is 1.45. The monoisotopic (exact) mass is 511 g/mol. The number of ketones is 1. The van der Waals surface area contributed by atoms with Crippen molar-refractivity contribution in [2.75, 3.05) is 4.31 Å². The molecule has 0 aliphatic carbocycles. The zero-order valence-electron chi connectivity index (χ0n) is 20.2. The number of sulfonamides is 1. The molecule has 0 unspecified atom stereocenters. The van der Waals surface area contributed by atoms with Crippen molar-refractivity contribution in [3.05, 3.63) is 131 Å². The van der Waals surface area contributed by atoms with Crippen molar-refractivity contribution in [3.63, 3.8) is 0 Å². The fourth-order valence-electron chi connectivity index (χ4n) is 4.63. The summed E-state index contributed by atoms with van der Waals surface area (Å²) in [6.07, 6.45) is -0.570. The number of carbonyl (C=O) groups excluding carboxylic acids is 2. The number of Topliss-reactive ketones (excluding diaryl/α,β-unsaturated/α-hetero) is 1. The van der Waals surface area contributed by atoms with Gasteiger partial charge < -0.3 is 4.74 Å². The molecule has 0 aromatic heterocycles. The number of hydrogen-bond donors (Lipinski definition) is 0. The first-order chi connectivity index (χ1) is 17.9. The smallest absolute Gasteiger partial charge is 0.339 e. The molecule has 0 fully saturated rings. The average molecular weight is 512 g/mol. The lowest BCUT2D eigenvalue weighted by molar-refractivity contribution is 0.0280. The molecule has 0 bridgehead atoms. The van der Waals surface area contributed by atoms with Crippen molar-refractivity contribution in [3.8, 4) is 0 Å². The number of esters is 1. The second-order valence-corrected chi connectivity index (χ2v) is 10.8. The summed E-state index contributed by atoms with van der Waals surface area (Å²) >= 11 is 0. The predicted octanol–water partition coefficient (Wildman–Crippen LogP) is 5.61. The highest BCUT2D eigenvalue weighted by Crippen LogP contribution is 2.36. The number of rotatable bonds is 7. The zero-order chi connectivity index (χ0) is 26.0. The summed E-state index contributed by atoms with van der Waals surface area (Å²) in [4.78, 5) is 26.5. The Bertz CT molecular complexity index is 1550. The minimum absolute atomic E-state index is 0.0175. The molecule has 0 radical (unpaired) electrons. The molecule has 6 nitrogen and oxygen atoms in total. The zero-order valence-corrected chi connectivity index (χ0v) is 21.0. The second kappa shape index (κ2) is 10.0. The summed E-state index contributed by atoms with van der Waals surface area (Å²) in [6.45, 7) is 1.86. The van der Waals surface area contributed by atoms with E-state index in [4.69, 9.17) is 4.74 Å². The number of carbonyl (C=O) groups is 2. The molecule has 2 atom stereocenters. The third kappa shape index (κ3) is 4.78. The second-order valence-electron chi connectivity index (χ2n) is 8.94. The number of fused-ring (bicyclic) bond motifs is 1. The number of para-hydroxylation sites is 1. The van der Waals surface area contributed by atoms with Crippen LogP contribution in [0, 0.1) is 0 Å². The molecule has 4 aromatic carbocycles. The Morgan fingerprint density at radius 2 is 1.43 bits per heavy atom. The quantitative estimate of drug-likeness (QED) is 0.238. The Morgan fingerprint density at radius 3 is 2.16 bits per heavy atom. The first-order valence-corrected chi connectivity index (χ1v) is 13.4. The molecule has 37 heavy (non-hydrogen) atoms. The number of benzene rings is 4. The number of anilines is 1. The van der Waals surface area contributed by atoms with Crippen molar-refractivity contribution in [2.45, 2.75) is 30.4 Å². The molecule has 0 amide bonds. The van der Waals surface area contributed by atoms with Gasteiger partial charge in [-0.05, 0) is 43.2 Å². The molecule has 1 heterocycles. The van der Waals surface area contributed by atoms with Gasteiger partial charge in [0.1, 0.15) is 0 Å². The highest BCUT2D eigenvalue weighted by atomic mass is 32.2. The van der Waals surface area contributed by atoms with Gasteiger partial charge in [-0.25, -0.2) is 13.2 Å². The SMILES string of the molecule is C[C@H]1Cc2ccccc2N1S(=O)(=O)c1cccc(C(=O)O[C@@H](C(=O)c2ccccc2)c2ccccc2)c1. The summed E-state index contributed by atoms with van der Waals surface area (Å²) in [5.74, 6) is -1.16. The van der Waals surface area contributed by atoms with E-state index in [9.17, 15) is 18.0 Å². The van der Waals surface area contributed by atoms with Gasteiger partial charge in [-0.2, -0.15) is 0 Å². The minimum atomic E-state index is -3.94. The third-order valence-electron chi connectivity index (χ3n) is 6.39. The minimum Gasteiger partial charge on any atom is -0.445 e. The Kier molecular flexibility index (Phi) is 6.63. The summed E-state index contributed by atoms with van der Waals surface area (Å²) in [5.41, 5.74) is 2.57. The molecule has 186 valence electrons. The van der Waals surface area contributed by atoms with Gasteiger partial charge in [-0.1, -0.05) is 84.9 Å². The van der Waals surface area contributed by atoms with Crippen LogP contribution >= 0.6 is 0 Å². The first kappa shape index (κ1) is 24.5. The lowest BCUT2D eigenvalue weighted by Gasteiger charge is -2.24. The van der Waals surface area contributed by atoms with Crippen LogP contribution < -0.4 is 4.31 Å². The van der Waals surface area contributed by atoms with Crippen LogP contribution in [-0.4, -0.2) is 26.2 Å². The van der Waals surface area contributed by atoms with Crippen LogP contribution in [0.1, 0.15) is 44.9 Å². The predicted molar refractivity (Wildman–Crippen MR) is 141 cm³/mol. The van der Waals surface area contributed by atoms with Gasteiger partial charge in [0, 0.05) is 17.2 Å². The highest BCUT2D eigenvalue weighted by Gasteiger charge is 2.36. The first-order valence-electron chi connectivity index (χ1n) is 11.9. The molecular formula is C30H25NO5S. The highest BCUT2D eigenvalue weighted by molar-refractivity contribution is 7.92. The van der Waals surface area contributed by atoms with Gasteiger partial charge in [-0.15, -0.1) is 0 Å². The van der Waals surface area contributed by atoms with Gasteiger partial charge in [0.25, 0.3) is 10.0 Å². The summed E-state index contributed by atoms with van der Waals surface area (Å²) in [7, 11) is -3.94. The standard InChI is InChI=1S/C30H25NO5S/c1-21-19-24-15-8-9-18-27(24)31(21)37(34,35)26-17-10-16-25(20-26)30(33)36-29(23-13-6-3-7-14-23)28(32)22-11-4-2-5-12-22/h2-18,20-21,29H,19H2,1H3/t21-,29+/m0/s1. The molecular weight excluding hydrogens is 486 g/mol. The molecule has 7 heteroatoms. The van der Waals surface area contributed by atoms with Crippen molar-refractivity contribution in [2.24, 2.45) is 0 Å². The van der Waals surface area contributed by atoms with Crippen LogP contribution in [0.4, 0.5) is 5.69 Å². The summed E-state index contributed by atoms with van der Waals surface area (Å²) in [5, 5.41) is 0. The number of nitrogens with zero attached hydrogens (tertiary/aromatic N) is 1. The van der Waals surface area contributed by atoms with Crippen LogP contribution in [0.15, 0.2) is 114 Å². The maximum Gasteiger partial charge on any atom is 0.339 e. The lowest BCUT2D eigenvalue weighted by Crippen LogP contribution is -2.35. The van der Waals surface area contributed by atoms with E-state index in [1.54, 1.807) is 72.8 Å². The fraction of sp³-hybridized carbons (Fsp3) is 0.133. The largest absolute Gasteiger partial charge is 0.445 e. The van der Waals surface area contributed by atoms with E-state index in [2.05, 4.69) is 0 Å². The van der Waals surface area contributed by atoms with Crippen molar-refractivity contribution < 1.29 is 22.7 Å². The normalized spacial score (nSPS) is 15.6. The maximum absolute atomic E-state index is 13.6. The summed E-state index contributed by atoms with van der Waals surface area (Å²) < 4.78 is 34.4. The van der Waals surface area contributed by atoms with Gasteiger partial charge in [0.15, 0.2) is 6.10 Å². The van der Waals surface area contributed by atoms with E-state index in [1.165, 1.54) is 28.6 Å². The van der Waals surface area contributed by atoms with Crippen LogP contribution in [0.2, 0.25) is 0 Å². The topological polar surface area (TPSA) is 80.8 Å². The van der Waals surface area contributed by atoms with Crippen LogP contribution in [0.5, 0.6) is 0 Å². The molecule has 4 aromatic rings. The van der Waals surface area contributed by atoms with E-state index >= 15 is 0 Å². The van der Waals surface area contributed by atoms with E-state index in [1.807, 2.05) is 19.1 Å². The Hall–Kier alpha value is -4.23. The van der Waals surface area contributed by atoms with Crippen LogP contribution in [0.3, 0.4) is 0 Å². The summed E-state index contributed by atoms with van der Waals surface area (Å²) in [6, 6.07) is 30.3. The Labute approximate surface area is 216 Å². The molecule has 1 aliphatic rings. The number of hydrogen-bond acceptors (Lipinski definition) is 5. The molecule has 0 spiro atoms. The van der Waals surface area contributed by atoms with Gasteiger partial charge in [0.2, 0.25) is 5.78 Å². The third-order valence-corrected chi connectivity index (χ3v) is 8.32. The molecule has 0 saturated carbocycles. The lowest BCUT2D eigenvalue weighted by atomic mass is 10.00. The fourth-order valence-corrected chi connectivity index (χ4v) is 6.37. The van der Waals surface area contributed by atoms with Crippen LogP contribution in [0.25, 0.3) is 0 Å². The van der Waals surface area contributed by atoms with Gasteiger partial charge in [-0.3, -0.25) is 9.10 Å². The van der Waals surface area contributed by atoms with E-state index in [0.717, 1.165) is 5.56 Å². The van der Waals surface area contributed by atoms with Crippen molar-refractivity contribution in [1.29, 1.82) is 0 Å². The van der Waals surface area contributed by atoms with E-state index in [0.29, 0.717) is 23.2 Å². The Morgan fingerprint density at radius 1 is 0.811 bits per heavy atom. The number of ether oxygens (including phenoxy) is 1. The van der Waals surface area contributed by atoms with Crippen molar-refractivity contribution >= 4 is 27.5 Å². The van der Waals surface area contributed by atoms with Gasteiger partial charge in [0.05, 0.1) is 16.1 Å². The average Bonchev–Trinajstić information content (AvgIpc) is 3.28. The van der Waals surface area contributed by atoms with E-state index in [-0.39, 0.29) is 22.3 Å². The molecule has 5 rings (SSSR count). The van der Waals surface area contributed by atoms with Crippen LogP contribution in [-0.2, 0) is 21.2 Å². The molecule has 1 aliphatic heterocycles. The molecule has 0 saturated heterocycles. The molecule has 0 N–H and O–H groups in total. The van der Waals surface area contributed by atoms with Gasteiger partial charge >= 0.3 is 5.97 Å². The maximum atomic E-state index is 13.6. The van der Waals surface area contributed by atoms with Crippen molar-refractivity contribution in [1.82, 2.24) is 0 Å². The van der Waals surface area contributed by atoms with E-state index < -0.39 is 22.1 Å².